The minimum atomic E-state index is -4.13. The second kappa shape index (κ2) is 8.08. The third-order valence-electron chi connectivity index (χ3n) is 3.96. The Kier molecular flexibility index (Phi) is 5.74. The lowest BCUT2D eigenvalue weighted by Crippen LogP contribution is -2.40. The van der Waals surface area contributed by atoms with Crippen molar-refractivity contribution in [1.29, 1.82) is 0 Å². The fourth-order valence-electron chi connectivity index (χ4n) is 2.63. The van der Waals surface area contributed by atoms with E-state index in [4.69, 9.17) is 4.74 Å². The topological polar surface area (TPSA) is 81.5 Å². The van der Waals surface area contributed by atoms with Crippen LogP contribution >= 0.6 is 0 Å². The minimum Gasteiger partial charge on any atom is -0.443 e. The van der Waals surface area contributed by atoms with E-state index >= 15 is 0 Å². The van der Waals surface area contributed by atoms with Crippen LogP contribution < -0.4 is 0 Å². The molecule has 7 nitrogen and oxygen atoms in total. The summed E-state index contributed by atoms with van der Waals surface area (Å²) in [7, 11) is -4.13. The standard InChI is InChI=1S/C21H23N3O4S/c1-21(2,3)28-20(25)24(16-17-8-5-4-6-9-17)29(26,27)19-12-10-18(11-13-19)23-15-7-14-22-23/h4-15H,16H2,1-3H3. The van der Waals surface area contributed by atoms with E-state index in [1.165, 1.54) is 12.1 Å². The molecule has 152 valence electrons. The normalized spacial score (nSPS) is 11.8. The maximum absolute atomic E-state index is 13.3. The van der Waals surface area contributed by atoms with Crippen molar-refractivity contribution < 1.29 is 17.9 Å². The molecule has 1 amide bonds. The van der Waals surface area contributed by atoms with Gasteiger partial charge in [-0.2, -0.15) is 9.40 Å². The lowest BCUT2D eigenvalue weighted by Gasteiger charge is -2.27. The summed E-state index contributed by atoms with van der Waals surface area (Å²) in [5, 5.41) is 4.12. The van der Waals surface area contributed by atoms with Crippen molar-refractivity contribution in [3.8, 4) is 5.69 Å². The summed E-state index contributed by atoms with van der Waals surface area (Å²) >= 11 is 0. The molecule has 8 heteroatoms. The number of amides is 1. The van der Waals surface area contributed by atoms with Crippen LogP contribution in [0.1, 0.15) is 26.3 Å². The summed E-state index contributed by atoms with van der Waals surface area (Å²) in [6.07, 6.45) is 2.47. The maximum atomic E-state index is 13.3. The van der Waals surface area contributed by atoms with E-state index in [1.54, 1.807) is 80.3 Å². The quantitative estimate of drug-likeness (QED) is 0.631. The van der Waals surface area contributed by atoms with Crippen LogP contribution in [0.4, 0.5) is 4.79 Å². The highest BCUT2D eigenvalue weighted by Gasteiger charge is 2.33. The Bertz CT molecular complexity index is 1060. The number of rotatable bonds is 5. The first-order chi connectivity index (χ1) is 13.7. The second-order valence-corrected chi connectivity index (χ2v) is 9.28. The first-order valence-electron chi connectivity index (χ1n) is 9.06. The summed E-state index contributed by atoms with van der Waals surface area (Å²) in [6, 6.07) is 16.9. The Balaban J connectivity index is 1.95. The SMILES string of the molecule is CC(C)(C)OC(=O)N(Cc1ccccc1)S(=O)(=O)c1ccc(-n2cccn2)cc1. The first kappa shape index (κ1) is 20.6. The summed E-state index contributed by atoms with van der Waals surface area (Å²) in [6.45, 7) is 4.95. The van der Waals surface area contributed by atoms with Crippen LogP contribution in [0.25, 0.3) is 5.69 Å². The van der Waals surface area contributed by atoms with Gasteiger partial charge in [-0.3, -0.25) is 0 Å². The van der Waals surface area contributed by atoms with Crippen molar-refractivity contribution in [2.24, 2.45) is 0 Å². The van der Waals surface area contributed by atoms with Gasteiger partial charge in [0.05, 0.1) is 17.1 Å². The van der Waals surface area contributed by atoms with Gasteiger partial charge in [0.2, 0.25) is 0 Å². The van der Waals surface area contributed by atoms with E-state index in [0.717, 1.165) is 4.31 Å². The molecule has 1 heterocycles. The van der Waals surface area contributed by atoms with Crippen LogP contribution in [0.3, 0.4) is 0 Å². The zero-order valence-corrected chi connectivity index (χ0v) is 17.3. The molecule has 0 radical (unpaired) electrons. The van der Waals surface area contributed by atoms with Gasteiger partial charge < -0.3 is 4.74 Å². The highest BCUT2D eigenvalue weighted by atomic mass is 32.2. The van der Waals surface area contributed by atoms with Crippen molar-refractivity contribution in [3.63, 3.8) is 0 Å². The smallest absolute Gasteiger partial charge is 0.424 e. The third kappa shape index (κ3) is 5.03. The number of ether oxygens (including phenoxy) is 1. The largest absolute Gasteiger partial charge is 0.443 e. The average Bonchev–Trinajstić information content (AvgIpc) is 3.20. The van der Waals surface area contributed by atoms with Gasteiger partial charge in [-0.15, -0.1) is 0 Å². The summed E-state index contributed by atoms with van der Waals surface area (Å²) < 4.78 is 34.3. The monoisotopic (exact) mass is 413 g/mol. The van der Waals surface area contributed by atoms with Crippen molar-refractivity contribution in [2.45, 2.75) is 37.8 Å². The summed E-state index contributed by atoms with van der Waals surface area (Å²) in [5.74, 6) is 0. The molecular formula is C21H23N3O4S. The average molecular weight is 413 g/mol. The van der Waals surface area contributed by atoms with Gasteiger partial charge in [-0.25, -0.2) is 17.9 Å². The number of sulfonamides is 1. The van der Waals surface area contributed by atoms with Crippen LogP contribution in [0.2, 0.25) is 0 Å². The molecule has 0 atom stereocenters. The first-order valence-corrected chi connectivity index (χ1v) is 10.5. The fourth-order valence-corrected chi connectivity index (χ4v) is 3.92. The lowest BCUT2D eigenvalue weighted by atomic mass is 10.2. The molecule has 0 spiro atoms. The molecule has 2 aromatic carbocycles. The minimum absolute atomic E-state index is 0.00445. The molecule has 0 aliphatic heterocycles. The zero-order valence-electron chi connectivity index (χ0n) is 16.5. The van der Waals surface area contributed by atoms with E-state index in [1.807, 2.05) is 6.07 Å². The number of hydrogen-bond donors (Lipinski definition) is 0. The highest BCUT2D eigenvalue weighted by molar-refractivity contribution is 7.89. The molecule has 0 N–H and O–H groups in total. The van der Waals surface area contributed by atoms with Crippen molar-refractivity contribution in [2.75, 3.05) is 0 Å². The summed E-state index contributed by atoms with van der Waals surface area (Å²) in [4.78, 5) is 12.7. The molecule has 1 aromatic heterocycles. The molecule has 0 bridgehead atoms. The van der Waals surface area contributed by atoms with Crippen LogP contribution in [-0.4, -0.2) is 34.2 Å². The molecule has 0 saturated heterocycles. The number of hydrogen-bond acceptors (Lipinski definition) is 5. The Labute approximate surface area is 170 Å². The van der Waals surface area contributed by atoms with Crippen LogP contribution in [-0.2, 0) is 21.3 Å². The van der Waals surface area contributed by atoms with Gasteiger partial charge in [-0.1, -0.05) is 30.3 Å². The van der Waals surface area contributed by atoms with Crippen molar-refractivity contribution >= 4 is 16.1 Å². The van der Waals surface area contributed by atoms with E-state index < -0.39 is 21.7 Å². The van der Waals surface area contributed by atoms with E-state index in [0.29, 0.717) is 11.3 Å². The van der Waals surface area contributed by atoms with Gasteiger partial charge in [0.25, 0.3) is 10.0 Å². The van der Waals surface area contributed by atoms with Crippen LogP contribution in [0, 0.1) is 0 Å². The van der Waals surface area contributed by atoms with Gasteiger partial charge in [0.15, 0.2) is 0 Å². The van der Waals surface area contributed by atoms with E-state index in [2.05, 4.69) is 5.10 Å². The Morgan fingerprint density at radius 2 is 1.69 bits per heavy atom. The number of aromatic nitrogens is 2. The molecule has 29 heavy (non-hydrogen) atoms. The summed E-state index contributed by atoms with van der Waals surface area (Å²) in [5.41, 5.74) is 0.557. The van der Waals surface area contributed by atoms with Gasteiger partial charge >= 0.3 is 6.09 Å². The molecule has 0 aliphatic carbocycles. The number of carbonyl (C=O) groups excluding carboxylic acids is 1. The van der Waals surface area contributed by atoms with Crippen molar-refractivity contribution in [3.05, 3.63) is 78.6 Å². The van der Waals surface area contributed by atoms with Gasteiger partial charge in [-0.05, 0) is 56.7 Å². The molecule has 0 aliphatic rings. The predicted octanol–water partition coefficient (Wildman–Crippen LogP) is 4.00. The maximum Gasteiger partial charge on any atom is 0.424 e. The van der Waals surface area contributed by atoms with Gasteiger partial charge in [0.1, 0.15) is 5.60 Å². The van der Waals surface area contributed by atoms with Gasteiger partial charge in [0, 0.05) is 12.4 Å². The number of carbonyl (C=O) groups is 1. The van der Waals surface area contributed by atoms with E-state index in [9.17, 15) is 13.2 Å². The highest BCUT2D eigenvalue weighted by Crippen LogP contribution is 2.23. The lowest BCUT2D eigenvalue weighted by molar-refractivity contribution is 0.0381. The number of benzene rings is 2. The molecule has 0 fully saturated rings. The Hall–Kier alpha value is -3.13. The Morgan fingerprint density at radius 1 is 1.03 bits per heavy atom. The van der Waals surface area contributed by atoms with Crippen molar-refractivity contribution in [1.82, 2.24) is 14.1 Å². The molecular weight excluding hydrogens is 390 g/mol. The molecule has 3 rings (SSSR count). The Morgan fingerprint density at radius 3 is 2.24 bits per heavy atom. The fraction of sp³-hybridized carbons (Fsp3) is 0.238. The third-order valence-corrected chi connectivity index (χ3v) is 5.69. The molecule has 0 unspecified atom stereocenters. The van der Waals surface area contributed by atoms with Crippen LogP contribution in [0.15, 0.2) is 78.0 Å². The zero-order chi connectivity index (χ0) is 21.1. The molecule has 0 saturated carbocycles. The van der Waals surface area contributed by atoms with Crippen LogP contribution in [0.5, 0.6) is 0 Å². The predicted molar refractivity (Wildman–Crippen MR) is 109 cm³/mol. The molecule has 3 aromatic rings. The van der Waals surface area contributed by atoms with E-state index in [-0.39, 0.29) is 11.4 Å². The second-order valence-electron chi connectivity index (χ2n) is 7.42. The number of nitrogens with zero attached hydrogens (tertiary/aromatic N) is 3.